The van der Waals surface area contributed by atoms with Crippen molar-refractivity contribution in [2.45, 2.75) is 18.9 Å². The fraction of sp³-hybridized carbons (Fsp3) is 0.409. The van der Waals surface area contributed by atoms with Gasteiger partial charge in [0.1, 0.15) is 24.7 Å². The van der Waals surface area contributed by atoms with Crippen LogP contribution in [-0.2, 0) is 4.79 Å². The largest absolute Gasteiger partial charge is 0.497 e. The minimum Gasteiger partial charge on any atom is -0.497 e. The molecule has 0 radical (unpaired) electrons. The van der Waals surface area contributed by atoms with Crippen LogP contribution in [0.15, 0.2) is 34.8 Å². The molecule has 2 aliphatic heterocycles. The number of carbonyl (C=O) groups is 1. The van der Waals surface area contributed by atoms with Crippen molar-refractivity contribution in [1.82, 2.24) is 4.90 Å². The second-order valence-electron chi connectivity index (χ2n) is 7.26. The Kier molecular flexibility index (Phi) is 6.34. The van der Waals surface area contributed by atoms with Crippen LogP contribution in [0.3, 0.4) is 0 Å². The number of hydrogen-bond acceptors (Lipinski definition) is 6. The SMILES string of the molecule is COc1ccc(C2CCCN2CC(=O)Nc2cc3c(cc2Br)OCCO3)c(OC)c1. The molecule has 7 nitrogen and oxygen atoms in total. The monoisotopic (exact) mass is 476 g/mol. The third-order valence-corrected chi connectivity index (χ3v) is 6.07. The lowest BCUT2D eigenvalue weighted by atomic mass is 10.0. The Morgan fingerprint density at radius 1 is 1.17 bits per heavy atom. The van der Waals surface area contributed by atoms with Crippen LogP contribution >= 0.6 is 15.9 Å². The average molecular weight is 477 g/mol. The van der Waals surface area contributed by atoms with Gasteiger partial charge in [-0.1, -0.05) is 6.07 Å². The van der Waals surface area contributed by atoms with E-state index in [1.165, 1.54) is 0 Å². The highest BCUT2D eigenvalue weighted by Gasteiger charge is 2.30. The molecule has 2 aliphatic rings. The number of rotatable bonds is 6. The topological polar surface area (TPSA) is 69.3 Å². The number of ether oxygens (including phenoxy) is 4. The highest BCUT2D eigenvalue weighted by atomic mass is 79.9. The van der Waals surface area contributed by atoms with E-state index in [2.05, 4.69) is 26.1 Å². The second kappa shape index (κ2) is 9.14. The summed E-state index contributed by atoms with van der Waals surface area (Å²) in [5, 5.41) is 2.99. The van der Waals surface area contributed by atoms with Crippen molar-refractivity contribution in [1.29, 1.82) is 0 Å². The average Bonchev–Trinajstić information content (AvgIpc) is 3.21. The van der Waals surface area contributed by atoms with Crippen LogP contribution in [-0.4, -0.2) is 51.3 Å². The first-order chi connectivity index (χ1) is 14.6. The van der Waals surface area contributed by atoms with E-state index in [4.69, 9.17) is 18.9 Å². The van der Waals surface area contributed by atoms with Crippen LogP contribution in [0.4, 0.5) is 5.69 Å². The maximum atomic E-state index is 12.8. The van der Waals surface area contributed by atoms with E-state index in [1.807, 2.05) is 24.3 Å². The summed E-state index contributed by atoms with van der Waals surface area (Å²) in [6.07, 6.45) is 2.00. The molecule has 1 atom stereocenters. The summed E-state index contributed by atoms with van der Waals surface area (Å²) in [5.74, 6) is 2.77. The van der Waals surface area contributed by atoms with Gasteiger partial charge in [0, 0.05) is 34.3 Å². The lowest BCUT2D eigenvalue weighted by molar-refractivity contribution is -0.117. The van der Waals surface area contributed by atoms with Gasteiger partial charge in [-0.2, -0.15) is 0 Å². The number of methoxy groups -OCH3 is 2. The van der Waals surface area contributed by atoms with E-state index in [0.29, 0.717) is 36.9 Å². The molecule has 0 saturated carbocycles. The van der Waals surface area contributed by atoms with E-state index in [9.17, 15) is 4.79 Å². The third-order valence-electron chi connectivity index (χ3n) is 5.42. The predicted molar refractivity (Wildman–Crippen MR) is 117 cm³/mol. The van der Waals surface area contributed by atoms with Crippen LogP contribution < -0.4 is 24.3 Å². The van der Waals surface area contributed by atoms with Crippen molar-refractivity contribution >= 4 is 27.5 Å². The smallest absolute Gasteiger partial charge is 0.238 e. The molecule has 8 heteroatoms. The molecule has 0 spiro atoms. The van der Waals surface area contributed by atoms with E-state index in [-0.39, 0.29) is 11.9 Å². The lowest BCUT2D eigenvalue weighted by Crippen LogP contribution is -2.33. The molecule has 4 rings (SSSR count). The van der Waals surface area contributed by atoms with Gasteiger partial charge in [0.05, 0.1) is 26.5 Å². The summed E-state index contributed by atoms with van der Waals surface area (Å²) in [6, 6.07) is 9.59. The normalized spacial score (nSPS) is 18.2. The van der Waals surface area contributed by atoms with Gasteiger partial charge in [-0.15, -0.1) is 0 Å². The molecule has 0 bridgehead atoms. The highest BCUT2D eigenvalue weighted by molar-refractivity contribution is 9.10. The van der Waals surface area contributed by atoms with E-state index >= 15 is 0 Å². The number of hydrogen-bond donors (Lipinski definition) is 1. The predicted octanol–water partition coefficient (Wildman–Crippen LogP) is 4.01. The molecule has 0 aromatic heterocycles. The highest BCUT2D eigenvalue weighted by Crippen LogP contribution is 2.40. The van der Waals surface area contributed by atoms with Crippen LogP contribution in [0.25, 0.3) is 0 Å². The number of nitrogens with zero attached hydrogens (tertiary/aromatic N) is 1. The fourth-order valence-electron chi connectivity index (χ4n) is 4.00. The quantitative estimate of drug-likeness (QED) is 0.678. The van der Waals surface area contributed by atoms with Crippen LogP contribution in [0, 0.1) is 0 Å². The summed E-state index contributed by atoms with van der Waals surface area (Å²) in [4.78, 5) is 15.0. The zero-order valence-corrected chi connectivity index (χ0v) is 18.7. The Hall–Kier alpha value is -2.45. The van der Waals surface area contributed by atoms with Crippen molar-refractivity contribution < 1.29 is 23.7 Å². The summed E-state index contributed by atoms with van der Waals surface area (Å²) in [5.41, 5.74) is 1.74. The molecule has 1 fully saturated rings. The number of anilines is 1. The number of carbonyl (C=O) groups excluding carboxylic acids is 1. The van der Waals surface area contributed by atoms with Crippen molar-refractivity contribution in [3.8, 4) is 23.0 Å². The number of nitrogens with one attached hydrogen (secondary N) is 1. The number of amides is 1. The summed E-state index contributed by atoms with van der Waals surface area (Å²) in [6.45, 7) is 2.17. The van der Waals surface area contributed by atoms with Gasteiger partial charge in [0.2, 0.25) is 5.91 Å². The van der Waals surface area contributed by atoms with Crippen LogP contribution in [0.5, 0.6) is 23.0 Å². The number of likely N-dealkylation sites (tertiary alicyclic amines) is 1. The van der Waals surface area contributed by atoms with Gasteiger partial charge in [-0.3, -0.25) is 9.69 Å². The Labute approximate surface area is 184 Å². The first kappa shape index (κ1) is 20.8. The lowest BCUT2D eigenvalue weighted by Gasteiger charge is -2.26. The molecule has 1 saturated heterocycles. The first-order valence-corrected chi connectivity index (χ1v) is 10.7. The molecule has 2 aromatic rings. The molecule has 1 unspecified atom stereocenters. The molecule has 1 amide bonds. The zero-order chi connectivity index (χ0) is 21.1. The first-order valence-electron chi connectivity index (χ1n) is 9.94. The number of benzene rings is 2. The molecule has 2 aromatic carbocycles. The number of fused-ring (bicyclic) bond motifs is 1. The van der Waals surface area contributed by atoms with Gasteiger partial charge < -0.3 is 24.3 Å². The summed E-state index contributed by atoms with van der Waals surface area (Å²) >= 11 is 3.51. The van der Waals surface area contributed by atoms with E-state index in [0.717, 1.165) is 40.9 Å². The molecule has 1 N–H and O–H groups in total. The van der Waals surface area contributed by atoms with Crippen molar-refractivity contribution in [2.75, 3.05) is 45.8 Å². The Balaban J connectivity index is 1.47. The van der Waals surface area contributed by atoms with Crippen molar-refractivity contribution in [3.05, 3.63) is 40.4 Å². The van der Waals surface area contributed by atoms with Gasteiger partial charge in [0.25, 0.3) is 0 Å². The molecular formula is C22H25BrN2O5. The van der Waals surface area contributed by atoms with Gasteiger partial charge in [-0.05, 0) is 41.4 Å². The third kappa shape index (κ3) is 4.34. The molecule has 2 heterocycles. The van der Waals surface area contributed by atoms with Gasteiger partial charge in [-0.25, -0.2) is 0 Å². The molecule has 160 valence electrons. The molecule has 0 aliphatic carbocycles. The minimum absolute atomic E-state index is 0.0771. The van der Waals surface area contributed by atoms with Gasteiger partial charge in [0.15, 0.2) is 11.5 Å². The second-order valence-corrected chi connectivity index (χ2v) is 8.11. The Morgan fingerprint density at radius 3 is 2.67 bits per heavy atom. The Bertz CT molecular complexity index is 936. The standard InChI is InChI=1S/C22H25BrN2O5/c1-27-14-5-6-15(19(10-14)28-2)18-4-3-7-25(18)13-22(26)24-17-12-21-20(11-16(17)23)29-8-9-30-21/h5-6,10-12,18H,3-4,7-9,13H2,1-2H3,(H,24,26). The van der Waals surface area contributed by atoms with E-state index < -0.39 is 0 Å². The van der Waals surface area contributed by atoms with Crippen LogP contribution in [0.2, 0.25) is 0 Å². The maximum absolute atomic E-state index is 12.8. The van der Waals surface area contributed by atoms with E-state index in [1.54, 1.807) is 20.3 Å². The fourth-order valence-corrected chi connectivity index (χ4v) is 4.42. The van der Waals surface area contributed by atoms with Crippen molar-refractivity contribution in [2.24, 2.45) is 0 Å². The molecule has 30 heavy (non-hydrogen) atoms. The maximum Gasteiger partial charge on any atom is 0.238 e. The summed E-state index contributed by atoms with van der Waals surface area (Å²) in [7, 11) is 3.29. The molecular weight excluding hydrogens is 452 g/mol. The van der Waals surface area contributed by atoms with Gasteiger partial charge >= 0.3 is 0 Å². The zero-order valence-electron chi connectivity index (χ0n) is 17.1. The van der Waals surface area contributed by atoms with Crippen molar-refractivity contribution in [3.63, 3.8) is 0 Å². The Morgan fingerprint density at radius 2 is 1.93 bits per heavy atom. The summed E-state index contributed by atoms with van der Waals surface area (Å²) < 4.78 is 22.8. The number of halogens is 1. The minimum atomic E-state index is -0.0771. The van der Waals surface area contributed by atoms with Crippen LogP contribution in [0.1, 0.15) is 24.4 Å².